The van der Waals surface area contributed by atoms with Gasteiger partial charge in [-0.2, -0.15) is 0 Å². The third kappa shape index (κ3) is 8.09. The largest absolute Gasteiger partial charge is 0.423 e. The van der Waals surface area contributed by atoms with Gasteiger partial charge in [0.15, 0.2) is 11.6 Å². The van der Waals surface area contributed by atoms with E-state index in [4.69, 9.17) is 10.5 Å². The number of amidine groups is 2. The minimum absolute atomic E-state index is 0.0431. The van der Waals surface area contributed by atoms with Crippen molar-refractivity contribution in [1.29, 1.82) is 0 Å². The van der Waals surface area contributed by atoms with Gasteiger partial charge in [-0.15, -0.1) is 0 Å². The number of ketones is 2. The Kier molecular flexibility index (Phi) is 11.6. The molecule has 288 valence electrons. The van der Waals surface area contributed by atoms with Crippen molar-refractivity contribution < 1.29 is 29.3 Å². The monoisotopic (exact) mass is 741 g/mol. The van der Waals surface area contributed by atoms with Crippen molar-refractivity contribution >= 4 is 53.7 Å². The number of Topliss-reactive ketones (excluding diaryl/α,β-unsaturated/α-hetero) is 2. The first-order valence-corrected chi connectivity index (χ1v) is 18.6. The van der Waals surface area contributed by atoms with Crippen LogP contribution in [0.1, 0.15) is 71.8 Å². The highest BCUT2D eigenvalue weighted by molar-refractivity contribution is 6.08. The Morgan fingerprint density at radius 2 is 1.70 bits per heavy atom. The molecule has 3 aliphatic heterocycles. The number of esters is 1. The normalized spacial score (nSPS) is 31.4. The summed E-state index contributed by atoms with van der Waals surface area (Å²) in [4.78, 5) is 65.6. The van der Waals surface area contributed by atoms with Crippen LogP contribution in [0.5, 0.6) is 0 Å². The molecule has 0 aromatic carbocycles. The standard InChI is InChI=1S/C39H51N9O6/c1-21-27(38(4)7-6-33(52)39(5,20-49)32(38)15-28(21)47-22(2)30(50)16-34-41-8-9-42-34)14-29(48-23(3)31(51)17-35-43-10-11-44-35)26-13-25(54-36(26)53)12-24-18-45-37(40)46-19-24/h8,10,12-13,18-19,22-23,27-29,32-33,47-49,52H,1,6-7,9,11,14-17,20H2,2-5H3,(H2,40,45,46)/b25-12+/t22?,23?,27?,28?,29?,32?,33-,38-,39+/m1/s1. The molecule has 2 saturated carbocycles. The van der Waals surface area contributed by atoms with E-state index < -0.39 is 41.0 Å². The predicted molar refractivity (Wildman–Crippen MR) is 206 cm³/mol. The maximum absolute atomic E-state index is 13.7. The lowest BCUT2D eigenvalue weighted by atomic mass is 9.45. The number of allylic oxidation sites excluding steroid dienone is 1. The first kappa shape index (κ1) is 39.1. The topological polar surface area (TPSA) is 226 Å². The molecular formula is C39H51N9O6. The Balaban J connectivity index is 1.34. The van der Waals surface area contributed by atoms with Crippen molar-refractivity contribution in [2.24, 2.45) is 42.6 Å². The Morgan fingerprint density at radius 3 is 2.30 bits per heavy atom. The third-order valence-corrected chi connectivity index (χ3v) is 12.1. The molecule has 15 nitrogen and oxygen atoms in total. The number of aliphatic hydroxyl groups is 2. The summed E-state index contributed by atoms with van der Waals surface area (Å²) in [6.45, 7) is 13.0. The van der Waals surface area contributed by atoms with Gasteiger partial charge >= 0.3 is 5.97 Å². The number of fused-ring (bicyclic) bond motifs is 1. The van der Waals surface area contributed by atoms with Gasteiger partial charge in [0, 0.05) is 47.9 Å². The highest BCUT2D eigenvalue weighted by Crippen LogP contribution is 2.62. The second-order valence-electron chi connectivity index (χ2n) is 15.6. The minimum Gasteiger partial charge on any atom is -0.423 e. The Morgan fingerprint density at radius 1 is 1.07 bits per heavy atom. The number of nitrogens with zero attached hydrogens (tertiary/aromatic N) is 6. The molecule has 0 radical (unpaired) electrons. The van der Waals surface area contributed by atoms with E-state index in [9.17, 15) is 24.6 Å². The molecule has 1 aromatic rings. The Labute approximate surface area is 315 Å². The fraction of sp³-hybridized carbons (Fsp3) is 0.564. The summed E-state index contributed by atoms with van der Waals surface area (Å²) < 4.78 is 5.73. The molecule has 6 N–H and O–H groups in total. The quantitative estimate of drug-likeness (QED) is 0.129. The molecule has 0 bridgehead atoms. The summed E-state index contributed by atoms with van der Waals surface area (Å²) in [6.07, 6.45) is 11.1. The molecule has 6 unspecified atom stereocenters. The number of anilines is 1. The van der Waals surface area contributed by atoms with E-state index in [0.717, 1.165) is 5.57 Å². The molecule has 1 aromatic heterocycles. The number of hydrogen-bond donors (Lipinski definition) is 5. The van der Waals surface area contributed by atoms with Crippen LogP contribution in [-0.4, -0.2) is 112 Å². The van der Waals surface area contributed by atoms with E-state index in [0.29, 0.717) is 61.6 Å². The molecule has 15 heteroatoms. The SMILES string of the molecule is C=C1C(NC(C)C(=O)CC2=NCC=N2)CC2[C@](C)(CC[C@@H](O)[C@@]2(C)CO)C1CC(NC(C)C(=O)CC1=NCC=N1)C1=C/C(=C\c2cnc(N)nc2)OC1=O. The zero-order valence-electron chi connectivity index (χ0n) is 31.4. The van der Waals surface area contributed by atoms with Gasteiger partial charge in [0.25, 0.3) is 0 Å². The summed E-state index contributed by atoms with van der Waals surface area (Å²) in [5.74, 6) is 0.128. The number of carbonyl (C=O) groups excluding carboxylic acids is 3. The van der Waals surface area contributed by atoms with Crippen LogP contribution in [0.2, 0.25) is 0 Å². The van der Waals surface area contributed by atoms with E-state index in [1.165, 1.54) is 12.4 Å². The minimum atomic E-state index is -0.844. The molecule has 9 atom stereocenters. The molecule has 0 spiro atoms. The number of aliphatic hydroxyl groups excluding tert-OH is 2. The van der Waals surface area contributed by atoms with E-state index in [-0.39, 0.29) is 60.6 Å². The lowest BCUT2D eigenvalue weighted by Crippen LogP contribution is -2.62. The first-order chi connectivity index (χ1) is 25.7. The van der Waals surface area contributed by atoms with Crippen molar-refractivity contribution in [1.82, 2.24) is 20.6 Å². The fourth-order valence-corrected chi connectivity index (χ4v) is 8.86. The van der Waals surface area contributed by atoms with Crippen molar-refractivity contribution in [3.8, 4) is 0 Å². The average molecular weight is 742 g/mol. The Bertz CT molecular complexity index is 1850. The highest BCUT2D eigenvalue weighted by atomic mass is 16.5. The molecule has 54 heavy (non-hydrogen) atoms. The molecule has 0 amide bonds. The number of cyclic esters (lactones) is 1. The number of nitrogen functional groups attached to an aromatic ring is 1. The maximum atomic E-state index is 13.7. The van der Waals surface area contributed by atoms with Gasteiger partial charge in [0.05, 0.1) is 56.3 Å². The van der Waals surface area contributed by atoms with E-state index >= 15 is 0 Å². The molecule has 6 rings (SSSR count). The van der Waals surface area contributed by atoms with E-state index in [1.807, 2.05) is 13.8 Å². The van der Waals surface area contributed by atoms with Crippen LogP contribution in [0.25, 0.3) is 6.08 Å². The number of rotatable bonds is 15. The van der Waals surface area contributed by atoms with Crippen LogP contribution in [-0.2, 0) is 19.1 Å². The summed E-state index contributed by atoms with van der Waals surface area (Å²) in [5, 5.41) is 29.2. The summed E-state index contributed by atoms with van der Waals surface area (Å²) in [5.41, 5.74) is 6.10. The maximum Gasteiger partial charge on any atom is 0.341 e. The number of carbonyl (C=O) groups is 3. The van der Waals surface area contributed by atoms with Gasteiger partial charge in [-0.3, -0.25) is 19.6 Å². The zero-order valence-corrected chi connectivity index (χ0v) is 31.4. The number of aromatic nitrogens is 2. The van der Waals surface area contributed by atoms with Crippen molar-refractivity contribution in [2.75, 3.05) is 25.4 Å². The number of nitrogens with two attached hydrogens (primary N) is 1. The molecule has 0 saturated heterocycles. The summed E-state index contributed by atoms with van der Waals surface area (Å²) in [7, 11) is 0. The molecule has 5 aliphatic rings. The van der Waals surface area contributed by atoms with E-state index in [1.54, 1.807) is 31.5 Å². The van der Waals surface area contributed by atoms with Gasteiger partial charge < -0.3 is 31.3 Å². The van der Waals surface area contributed by atoms with Crippen LogP contribution in [0.4, 0.5) is 5.95 Å². The molecule has 2 fully saturated rings. The summed E-state index contributed by atoms with van der Waals surface area (Å²) in [6, 6.07) is -2.29. The predicted octanol–water partition coefficient (Wildman–Crippen LogP) is 2.20. The van der Waals surface area contributed by atoms with Crippen molar-refractivity contribution in [2.45, 2.75) is 96.5 Å². The van der Waals surface area contributed by atoms with Crippen molar-refractivity contribution in [3.63, 3.8) is 0 Å². The van der Waals surface area contributed by atoms with Gasteiger partial charge in [-0.1, -0.05) is 26.0 Å². The fourth-order valence-electron chi connectivity index (χ4n) is 8.86. The molecular weight excluding hydrogens is 690 g/mol. The number of hydrogen-bond acceptors (Lipinski definition) is 15. The van der Waals surface area contributed by atoms with E-state index in [2.05, 4.69) is 54.1 Å². The van der Waals surface area contributed by atoms with Crippen molar-refractivity contribution in [3.05, 3.63) is 47.5 Å². The lowest BCUT2D eigenvalue weighted by Gasteiger charge is -2.62. The smallest absolute Gasteiger partial charge is 0.341 e. The number of aliphatic imine (C=N–C) groups is 4. The van der Waals surface area contributed by atoms with Gasteiger partial charge in [0.2, 0.25) is 5.95 Å². The van der Waals surface area contributed by atoms with Gasteiger partial charge in [-0.25, -0.2) is 24.7 Å². The average Bonchev–Trinajstić information content (AvgIpc) is 3.93. The second kappa shape index (κ2) is 16.0. The zero-order chi connectivity index (χ0) is 38.8. The lowest BCUT2D eigenvalue weighted by molar-refractivity contribution is -0.156. The second-order valence-corrected chi connectivity index (χ2v) is 15.6. The molecule has 2 aliphatic carbocycles. The van der Waals surface area contributed by atoms with Crippen LogP contribution >= 0.6 is 0 Å². The van der Waals surface area contributed by atoms with Crippen LogP contribution < -0.4 is 16.4 Å². The highest BCUT2D eigenvalue weighted by Gasteiger charge is 2.60. The van der Waals surface area contributed by atoms with Gasteiger partial charge in [-0.05, 0) is 68.9 Å². The first-order valence-electron chi connectivity index (χ1n) is 18.6. The number of ether oxygens (including phenoxy) is 1. The number of nitrogens with one attached hydrogen (secondary N) is 2. The van der Waals surface area contributed by atoms with Crippen LogP contribution in [0.3, 0.4) is 0 Å². The summed E-state index contributed by atoms with van der Waals surface area (Å²) >= 11 is 0. The van der Waals surface area contributed by atoms with Gasteiger partial charge in [0.1, 0.15) is 17.4 Å². The molecule has 4 heterocycles. The van der Waals surface area contributed by atoms with Crippen LogP contribution in [0, 0.1) is 22.7 Å². The van der Waals surface area contributed by atoms with Crippen LogP contribution in [0.15, 0.2) is 61.9 Å². The third-order valence-electron chi connectivity index (χ3n) is 12.1. The Hall–Kier alpha value is -4.57.